The topological polar surface area (TPSA) is 83.8 Å². The maximum absolute atomic E-state index is 12.8. The molecule has 0 aromatic heterocycles. The van der Waals surface area contributed by atoms with E-state index in [0.29, 0.717) is 30.8 Å². The summed E-state index contributed by atoms with van der Waals surface area (Å²) in [5.41, 5.74) is -1.19. The van der Waals surface area contributed by atoms with E-state index < -0.39 is 17.1 Å². The average molecular weight is 433 g/mol. The van der Waals surface area contributed by atoms with Gasteiger partial charge in [0.05, 0.1) is 11.7 Å². The lowest BCUT2D eigenvalue weighted by Gasteiger charge is -2.65. The molecule has 4 aliphatic carbocycles. The summed E-state index contributed by atoms with van der Waals surface area (Å²) in [4.78, 5) is 25.5. The Morgan fingerprint density at radius 2 is 1.71 bits per heavy atom. The maximum atomic E-state index is 12.8. The smallest absolute Gasteiger partial charge is 0.333 e. The third kappa shape index (κ3) is 3.17. The van der Waals surface area contributed by atoms with E-state index in [1.54, 1.807) is 19.9 Å². The van der Waals surface area contributed by atoms with Crippen molar-refractivity contribution in [2.24, 2.45) is 34.5 Å². The first-order valence-corrected chi connectivity index (χ1v) is 12.2. The molecule has 0 amide bonds. The molecule has 9 atom stereocenters. The van der Waals surface area contributed by atoms with Gasteiger partial charge in [0.1, 0.15) is 11.9 Å². The molecular formula is C26H40O5. The minimum absolute atomic E-state index is 0.0216. The molecule has 4 rings (SSSR count). The highest BCUT2D eigenvalue weighted by Gasteiger charge is 2.72. The molecule has 5 nitrogen and oxygen atoms in total. The third-order valence-electron chi connectivity index (χ3n) is 10.4. The van der Waals surface area contributed by atoms with Crippen LogP contribution in [0.25, 0.3) is 0 Å². The van der Waals surface area contributed by atoms with Crippen molar-refractivity contribution in [3.8, 4) is 0 Å². The van der Waals surface area contributed by atoms with Crippen LogP contribution in [0.4, 0.5) is 0 Å². The molecule has 174 valence electrons. The summed E-state index contributed by atoms with van der Waals surface area (Å²) in [6.07, 6.45) is 7.47. The molecule has 0 spiro atoms. The second kappa shape index (κ2) is 7.69. The molecule has 0 aliphatic heterocycles. The number of hydrogen-bond acceptors (Lipinski definition) is 5. The van der Waals surface area contributed by atoms with Crippen LogP contribution in [0.15, 0.2) is 11.6 Å². The first kappa shape index (κ1) is 23.0. The number of ether oxygens (including phenoxy) is 1. The summed E-state index contributed by atoms with van der Waals surface area (Å²) in [6, 6.07) is 0. The highest BCUT2D eigenvalue weighted by atomic mass is 16.5. The van der Waals surface area contributed by atoms with Crippen molar-refractivity contribution >= 4 is 11.8 Å². The number of allylic oxidation sites excluding steroid dienone is 1. The van der Waals surface area contributed by atoms with Crippen LogP contribution in [0, 0.1) is 34.5 Å². The molecule has 0 saturated heterocycles. The van der Waals surface area contributed by atoms with E-state index in [9.17, 15) is 19.8 Å². The Morgan fingerprint density at radius 1 is 1.00 bits per heavy atom. The highest BCUT2D eigenvalue weighted by molar-refractivity contribution is 5.88. The molecule has 3 unspecified atom stereocenters. The lowest BCUT2D eigenvalue weighted by molar-refractivity contribution is -0.251. The standard InChI is InChI=1S/C26H40O5/c1-6-15(2)23(29)31-22-14-21-20(8-7-17-13-18(28)9-11-24(17,21)4)26(30)12-10-19(16(3)27)25(22,26)5/h6,17-22,28,30H,7-14H2,1-5H3/b15-6+/t17?,18-,19+,20?,21?,22+,24-,25-,26-/m0/s1. The third-order valence-corrected chi connectivity index (χ3v) is 10.4. The Kier molecular flexibility index (Phi) is 5.70. The minimum Gasteiger partial charge on any atom is -0.458 e. The minimum atomic E-state index is -1.01. The van der Waals surface area contributed by atoms with Crippen molar-refractivity contribution in [2.75, 3.05) is 0 Å². The number of rotatable bonds is 3. The summed E-state index contributed by atoms with van der Waals surface area (Å²) < 4.78 is 6.13. The summed E-state index contributed by atoms with van der Waals surface area (Å²) in [6.45, 7) is 9.52. The normalized spacial score (nSPS) is 49.6. The number of aliphatic hydroxyl groups excluding tert-OH is 1. The Hall–Kier alpha value is -1.20. The van der Waals surface area contributed by atoms with E-state index in [4.69, 9.17) is 4.74 Å². The Balaban J connectivity index is 1.77. The van der Waals surface area contributed by atoms with Gasteiger partial charge in [-0.3, -0.25) is 4.79 Å². The van der Waals surface area contributed by atoms with E-state index in [-0.39, 0.29) is 41.0 Å². The molecule has 0 radical (unpaired) electrons. The van der Waals surface area contributed by atoms with E-state index in [2.05, 4.69) is 6.92 Å². The number of hydrogen-bond donors (Lipinski definition) is 2. The quantitative estimate of drug-likeness (QED) is 0.516. The van der Waals surface area contributed by atoms with Crippen LogP contribution in [0.1, 0.15) is 86.0 Å². The average Bonchev–Trinajstić information content (AvgIpc) is 3.01. The Labute approximate surface area is 186 Å². The SMILES string of the molecule is C/C=C(\C)C(=O)O[C@@H]1CC2C(CCC3C[C@@H](O)CC[C@@]32C)[C@@]2(O)CC[C@H](C(C)=O)[C@@]12C. The maximum Gasteiger partial charge on any atom is 0.333 e. The molecule has 0 aromatic rings. The van der Waals surface area contributed by atoms with Gasteiger partial charge in [0.25, 0.3) is 0 Å². The molecule has 4 fully saturated rings. The van der Waals surface area contributed by atoms with Crippen LogP contribution >= 0.6 is 0 Å². The van der Waals surface area contributed by atoms with Crippen LogP contribution in [-0.4, -0.2) is 39.8 Å². The molecule has 0 aromatic carbocycles. The van der Waals surface area contributed by atoms with Crippen LogP contribution < -0.4 is 0 Å². The number of aliphatic hydroxyl groups is 2. The van der Waals surface area contributed by atoms with Gasteiger partial charge in [-0.15, -0.1) is 0 Å². The van der Waals surface area contributed by atoms with Gasteiger partial charge in [0.2, 0.25) is 0 Å². The van der Waals surface area contributed by atoms with Crippen molar-refractivity contribution in [1.29, 1.82) is 0 Å². The molecule has 31 heavy (non-hydrogen) atoms. The van der Waals surface area contributed by atoms with E-state index in [1.165, 1.54) is 0 Å². The number of fused-ring (bicyclic) bond motifs is 5. The van der Waals surface area contributed by atoms with Crippen molar-refractivity contribution in [1.82, 2.24) is 0 Å². The predicted molar refractivity (Wildman–Crippen MR) is 118 cm³/mol. The van der Waals surface area contributed by atoms with Gasteiger partial charge in [-0.1, -0.05) is 19.9 Å². The van der Waals surface area contributed by atoms with Crippen LogP contribution in [-0.2, 0) is 14.3 Å². The first-order valence-electron chi connectivity index (χ1n) is 12.2. The van der Waals surface area contributed by atoms with E-state index in [1.807, 2.05) is 13.8 Å². The lowest BCUT2D eigenvalue weighted by atomic mass is 9.42. The van der Waals surface area contributed by atoms with Gasteiger partial charge in [-0.2, -0.15) is 0 Å². The Morgan fingerprint density at radius 3 is 2.35 bits per heavy atom. The van der Waals surface area contributed by atoms with Crippen LogP contribution in [0.3, 0.4) is 0 Å². The largest absolute Gasteiger partial charge is 0.458 e. The van der Waals surface area contributed by atoms with Gasteiger partial charge in [-0.05, 0) is 95.3 Å². The fraction of sp³-hybridized carbons (Fsp3) is 0.846. The van der Waals surface area contributed by atoms with Gasteiger partial charge in [-0.25, -0.2) is 4.79 Å². The predicted octanol–water partition coefficient (Wildman–Crippen LogP) is 4.20. The summed E-state index contributed by atoms with van der Waals surface area (Å²) in [5.74, 6) is 0.217. The number of esters is 1. The van der Waals surface area contributed by atoms with Crippen molar-refractivity contribution in [3.63, 3.8) is 0 Å². The first-order chi connectivity index (χ1) is 14.5. The van der Waals surface area contributed by atoms with Crippen LogP contribution in [0.5, 0.6) is 0 Å². The molecule has 4 saturated carbocycles. The highest BCUT2D eigenvalue weighted by Crippen LogP contribution is 2.69. The molecule has 4 aliphatic rings. The second-order valence-corrected chi connectivity index (χ2v) is 11.4. The molecule has 0 heterocycles. The van der Waals surface area contributed by atoms with Crippen LogP contribution in [0.2, 0.25) is 0 Å². The molecule has 0 bridgehead atoms. The van der Waals surface area contributed by atoms with Gasteiger partial charge in [0, 0.05) is 16.9 Å². The zero-order valence-electron chi connectivity index (χ0n) is 19.8. The zero-order valence-corrected chi connectivity index (χ0v) is 19.8. The monoisotopic (exact) mass is 432 g/mol. The number of carbonyl (C=O) groups excluding carboxylic acids is 2. The summed E-state index contributed by atoms with van der Waals surface area (Å²) in [7, 11) is 0. The Bertz CT molecular complexity index is 789. The summed E-state index contributed by atoms with van der Waals surface area (Å²) in [5, 5.41) is 22.6. The second-order valence-electron chi connectivity index (χ2n) is 11.4. The number of ketones is 1. The fourth-order valence-electron chi connectivity index (χ4n) is 8.31. The number of Topliss-reactive ketones (excluding diaryl/α,β-unsaturated/α-hetero) is 1. The van der Waals surface area contributed by atoms with E-state index >= 15 is 0 Å². The fourth-order valence-corrected chi connectivity index (χ4v) is 8.31. The summed E-state index contributed by atoms with van der Waals surface area (Å²) >= 11 is 0. The van der Waals surface area contributed by atoms with E-state index in [0.717, 1.165) is 32.1 Å². The van der Waals surface area contributed by atoms with Crippen molar-refractivity contribution in [2.45, 2.75) is 104 Å². The molecular weight excluding hydrogens is 392 g/mol. The van der Waals surface area contributed by atoms with Gasteiger partial charge >= 0.3 is 5.97 Å². The van der Waals surface area contributed by atoms with Crippen molar-refractivity contribution < 1.29 is 24.5 Å². The lowest BCUT2D eigenvalue weighted by Crippen LogP contribution is -2.68. The molecule has 5 heteroatoms. The zero-order chi connectivity index (χ0) is 22.8. The van der Waals surface area contributed by atoms with Crippen molar-refractivity contribution in [3.05, 3.63) is 11.6 Å². The van der Waals surface area contributed by atoms with Gasteiger partial charge in [0.15, 0.2) is 0 Å². The number of carbonyl (C=O) groups is 2. The molecule has 2 N–H and O–H groups in total. The van der Waals surface area contributed by atoms with Gasteiger partial charge < -0.3 is 14.9 Å².